The van der Waals surface area contributed by atoms with E-state index in [0.717, 1.165) is 16.6 Å². The van der Waals surface area contributed by atoms with Crippen LogP contribution in [0.5, 0.6) is 0 Å². The highest BCUT2D eigenvalue weighted by Gasteiger charge is 2.06. The Labute approximate surface area is 121 Å². The number of hydrogen-bond donors (Lipinski definition) is 1. The zero-order chi connectivity index (χ0) is 14.5. The number of anilines is 1. The predicted molar refractivity (Wildman–Crippen MR) is 77.4 cm³/mol. The number of amides is 1. The van der Waals surface area contributed by atoms with Gasteiger partial charge in [-0.05, 0) is 41.1 Å². The lowest BCUT2D eigenvalue weighted by Crippen LogP contribution is -2.13. The van der Waals surface area contributed by atoms with E-state index in [9.17, 15) is 4.79 Å². The quantitative estimate of drug-likeness (QED) is 0.769. The van der Waals surface area contributed by atoms with Gasteiger partial charge in [0.15, 0.2) is 0 Å². The first-order valence-electron chi connectivity index (χ1n) is 6.67. The van der Waals surface area contributed by atoms with Gasteiger partial charge in [-0.2, -0.15) is 0 Å². The van der Waals surface area contributed by atoms with E-state index in [4.69, 9.17) is 0 Å². The second-order valence-corrected chi connectivity index (χ2v) is 4.60. The first-order valence-corrected chi connectivity index (χ1v) is 6.67. The molecular weight excluding hydrogens is 268 g/mol. The standard InChI is InChI=1S/C14H14N6O/c21-14(7-3-9-20-10-16-18-19-20)17-13-6-1-5-12-11(13)4-2-8-15-12/h1-2,4-6,8,10H,3,7,9H2,(H,17,21). The van der Waals surface area contributed by atoms with Crippen molar-refractivity contribution in [3.8, 4) is 0 Å². The molecule has 0 aliphatic carbocycles. The molecule has 106 valence electrons. The zero-order valence-corrected chi connectivity index (χ0v) is 11.3. The van der Waals surface area contributed by atoms with Crippen LogP contribution in [0.1, 0.15) is 12.8 Å². The Kier molecular flexibility index (Phi) is 3.81. The molecule has 0 bridgehead atoms. The van der Waals surface area contributed by atoms with E-state index >= 15 is 0 Å². The molecule has 0 radical (unpaired) electrons. The second kappa shape index (κ2) is 6.08. The van der Waals surface area contributed by atoms with Gasteiger partial charge < -0.3 is 5.32 Å². The number of nitrogens with one attached hydrogen (secondary N) is 1. The molecule has 1 amide bonds. The predicted octanol–water partition coefficient (Wildman–Crippen LogP) is 1.64. The van der Waals surface area contributed by atoms with Crippen molar-refractivity contribution in [2.45, 2.75) is 19.4 Å². The lowest BCUT2D eigenvalue weighted by molar-refractivity contribution is -0.116. The van der Waals surface area contributed by atoms with Crippen LogP contribution >= 0.6 is 0 Å². The summed E-state index contributed by atoms with van der Waals surface area (Å²) in [5, 5.41) is 14.7. The van der Waals surface area contributed by atoms with Crippen molar-refractivity contribution >= 4 is 22.5 Å². The minimum Gasteiger partial charge on any atom is -0.325 e. The van der Waals surface area contributed by atoms with Gasteiger partial charge in [-0.25, -0.2) is 4.68 Å². The molecule has 0 aliphatic heterocycles. The maximum absolute atomic E-state index is 12.0. The van der Waals surface area contributed by atoms with E-state index < -0.39 is 0 Å². The average molecular weight is 282 g/mol. The smallest absolute Gasteiger partial charge is 0.224 e. The number of aryl methyl sites for hydroxylation is 1. The molecule has 2 heterocycles. The molecule has 7 nitrogen and oxygen atoms in total. The number of tetrazole rings is 1. The van der Waals surface area contributed by atoms with Crippen LogP contribution in [0.3, 0.4) is 0 Å². The highest BCUT2D eigenvalue weighted by atomic mass is 16.1. The third-order valence-electron chi connectivity index (χ3n) is 3.10. The number of fused-ring (bicyclic) bond motifs is 1. The third-order valence-corrected chi connectivity index (χ3v) is 3.10. The van der Waals surface area contributed by atoms with E-state index in [1.54, 1.807) is 10.9 Å². The van der Waals surface area contributed by atoms with Crippen molar-refractivity contribution < 1.29 is 4.79 Å². The average Bonchev–Trinajstić information content (AvgIpc) is 3.01. The number of nitrogens with zero attached hydrogens (tertiary/aromatic N) is 5. The van der Waals surface area contributed by atoms with Crippen molar-refractivity contribution in [2.24, 2.45) is 0 Å². The highest BCUT2D eigenvalue weighted by Crippen LogP contribution is 2.21. The molecule has 0 saturated heterocycles. The number of pyridine rings is 1. The van der Waals surface area contributed by atoms with Crippen molar-refractivity contribution in [3.63, 3.8) is 0 Å². The molecule has 1 N–H and O–H groups in total. The monoisotopic (exact) mass is 282 g/mol. The number of aromatic nitrogens is 5. The minimum absolute atomic E-state index is 0.0283. The molecule has 21 heavy (non-hydrogen) atoms. The number of benzene rings is 1. The normalized spacial score (nSPS) is 10.7. The van der Waals surface area contributed by atoms with Crippen molar-refractivity contribution in [2.75, 3.05) is 5.32 Å². The molecule has 0 saturated carbocycles. The zero-order valence-electron chi connectivity index (χ0n) is 11.3. The summed E-state index contributed by atoms with van der Waals surface area (Å²) in [6.07, 6.45) is 4.37. The first kappa shape index (κ1) is 13.2. The van der Waals surface area contributed by atoms with Crippen LogP contribution in [0.25, 0.3) is 10.9 Å². The Balaban J connectivity index is 1.61. The van der Waals surface area contributed by atoms with Crippen LogP contribution in [0.4, 0.5) is 5.69 Å². The fraction of sp³-hybridized carbons (Fsp3) is 0.214. The molecule has 2 aromatic heterocycles. The van der Waals surface area contributed by atoms with E-state index in [2.05, 4.69) is 25.8 Å². The summed E-state index contributed by atoms with van der Waals surface area (Å²) in [7, 11) is 0. The highest BCUT2D eigenvalue weighted by molar-refractivity contribution is 6.00. The van der Waals surface area contributed by atoms with E-state index in [1.165, 1.54) is 6.33 Å². The van der Waals surface area contributed by atoms with Gasteiger partial charge in [-0.1, -0.05) is 6.07 Å². The van der Waals surface area contributed by atoms with Gasteiger partial charge in [-0.15, -0.1) is 5.10 Å². The summed E-state index contributed by atoms with van der Waals surface area (Å²) in [4.78, 5) is 16.3. The van der Waals surface area contributed by atoms with Crippen molar-refractivity contribution in [3.05, 3.63) is 42.9 Å². The van der Waals surface area contributed by atoms with Crippen LogP contribution in [0, 0.1) is 0 Å². The summed E-state index contributed by atoms with van der Waals surface area (Å²) < 4.78 is 1.61. The lowest BCUT2D eigenvalue weighted by Gasteiger charge is -2.08. The molecule has 7 heteroatoms. The molecule has 0 fully saturated rings. The maximum atomic E-state index is 12.0. The van der Waals surface area contributed by atoms with Gasteiger partial charge in [0.25, 0.3) is 0 Å². The van der Waals surface area contributed by atoms with Crippen LogP contribution in [0.2, 0.25) is 0 Å². The van der Waals surface area contributed by atoms with Gasteiger partial charge >= 0.3 is 0 Å². The third kappa shape index (κ3) is 3.19. The molecular formula is C14H14N6O. The first-order chi connectivity index (χ1) is 10.3. The molecule has 0 atom stereocenters. The Bertz CT molecular complexity index is 735. The van der Waals surface area contributed by atoms with Gasteiger partial charge in [0.2, 0.25) is 5.91 Å². The second-order valence-electron chi connectivity index (χ2n) is 4.60. The summed E-state index contributed by atoms with van der Waals surface area (Å²) in [6.45, 7) is 0.623. The van der Waals surface area contributed by atoms with Gasteiger partial charge in [0.05, 0.1) is 11.2 Å². The summed E-state index contributed by atoms with van der Waals surface area (Å²) in [5.74, 6) is -0.0283. The Hall–Kier alpha value is -2.83. The minimum atomic E-state index is -0.0283. The van der Waals surface area contributed by atoms with E-state index in [0.29, 0.717) is 19.4 Å². The van der Waals surface area contributed by atoms with Crippen molar-refractivity contribution in [1.82, 2.24) is 25.2 Å². The van der Waals surface area contributed by atoms with Crippen molar-refractivity contribution in [1.29, 1.82) is 0 Å². The summed E-state index contributed by atoms with van der Waals surface area (Å²) in [6, 6.07) is 9.48. The van der Waals surface area contributed by atoms with Gasteiger partial charge in [-0.3, -0.25) is 9.78 Å². The Morgan fingerprint density at radius 3 is 3.05 bits per heavy atom. The van der Waals surface area contributed by atoms with Crippen LogP contribution in [0.15, 0.2) is 42.9 Å². The Morgan fingerprint density at radius 2 is 2.19 bits per heavy atom. The van der Waals surface area contributed by atoms with Crippen LogP contribution in [-0.4, -0.2) is 31.1 Å². The van der Waals surface area contributed by atoms with E-state index in [1.807, 2.05) is 30.3 Å². The number of rotatable bonds is 5. The van der Waals surface area contributed by atoms with Crippen LogP contribution < -0.4 is 5.32 Å². The molecule has 3 aromatic rings. The van der Waals surface area contributed by atoms with E-state index in [-0.39, 0.29) is 5.91 Å². The van der Waals surface area contributed by atoms with Gasteiger partial charge in [0.1, 0.15) is 6.33 Å². The summed E-state index contributed by atoms with van der Waals surface area (Å²) in [5.41, 5.74) is 1.65. The Morgan fingerprint density at radius 1 is 1.24 bits per heavy atom. The van der Waals surface area contributed by atoms with Crippen LogP contribution in [-0.2, 0) is 11.3 Å². The number of carbonyl (C=O) groups is 1. The summed E-state index contributed by atoms with van der Waals surface area (Å²) >= 11 is 0. The molecule has 0 unspecified atom stereocenters. The largest absolute Gasteiger partial charge is 0.325 e. The molecule has 0 spiro atoms. The molecule has 0 aliphatic rings. The fourth-order valence-electron chi connectivity index (χ4n) is 2.11. The topological polar surface area (TPSA) is 85.6 Å². The molecule has 1 aromatic carbocycles. The SMILES string of the molecule is O=C(CCCn1cnnn1)Nc1cccc2ncccc12. The lowest BCUT2D eigenvalue weighted by atomic mass is 10.1. The molecule has 3 rings (SSSR count). The maximum Gasteiger partial charge on any atom is 0.224 e. The number of carbonyl (C=O) groups excluding carboxylic acids is 1. The number of hydrogen-bond acceptors (Lipinski definition) is 5. The van der Waals surface area contributed by atoms with Gasteiger partial charge in [0, 0.05) is 24.5 Å². The fourth-order valence-corrected chi connectivity index (χ4v) is 2.11.